The fraction of sp³-hybridized carbons (Fsp3) is 0.150. The van der Waals surface area contributed by atoms with Gasteiger partial charge in [-0.05, 0) is 35.9 Å². The molecule has 0 saturated carbocycles. The van der Waals surface area contributed by atoms with Crippen LogP contribution in [0.1, 0.15) is 11.5 Å². The van der Waals surface area contributed by atoms with Gasteiger partial charge in [0.05, 0.1) is 19.1 Å². The molecule has 1 heterocycles. The van der Waals surface area contributed by atoms with Crippen molar-refractivity contribution < 1.29 is 28.3 Å². The van der Waals surface area contributed by atoms with Crippen LogP contribution in [-0.4, -0.2) is 35.3 Å². The predicted octanol–water partition coefficient (Wildman–Crippen LogP) is 3.42. The first-order chi connectivity index (χ1) is 14.5. The van der Waals surface area contributed by atoms with Gasteiger partial charge in [-0.25, -0.2) is 4.79 Å². The SMILES string of the molecule is COc1ccc(/C=C/C(=O)OCc2nnc(-c3ccc([N+](=O)[O-])cc3)o2)cc1OC. The quantitative estimate of drug-likeness (QED) is 0.237. The number of hydrogen-bond donors (Lipinski definition) is 0. The smallest absolute Gasteiger partial charge is 0.331 e. The zero-order valence-corrected chi connectivity index (χ0v) is 16.1. The van der Waals surface area contributed by atoms with E-state index in [-0.39, 0.29) is 24.1 Å². The Kier molecular flexibility index (Phi) is 6.38. The summed E-state index contributed by atoms with van der Waals surface area (Å²) >= 11 is 0. The molecule has 30 heavy (non-hydrogen) atoms. The van der Waals surface area contributed by atoms with Crippen LogP contribution in [0.25, 0.3) is 17.5 Å². The Balaban J connectivity index is 1.57. The molecule has 10 nitrogen and oxygen atoms in total. The highest BCUT2D eigenvalue weighted by molar-refractivity contribution is 5.87. The molecule has 10 heteroatoms. The lowest BCUT2D eigenvalue weighted by atomic mass is 10.2. The van der Waals surface area contributed by atoms with Gasteiger partial charge in [0.15, 0.2) is 18.1 Å². The number of aromatic nitrogens is 2. The lowest BCUT2D eigenvalue weighted by Gasteiger charge is -2.07. The molecule has 0 atom stereocenters. The summed E-state index contributed by atoms with van der Waals surface area (Å²) in [7, 11) is 3.06. The molecule has 0 radical (unpaired) electrons. The van der Waals surface area contributed by atoms with Gasteiger partial charge in [0, 0.05) is 23.8 Å². The Hall–Kier alpha value is -4.21. The van der Waals surface area contributed by atoms with Crippen molar-refractivity contribution in [3.8, 4) is 23.0 Å². The van der Waals surface area contributed by atoms with Crippen molar-refractivity contribution in [2.75, 3.05) is 14.2 Å². The summed E-state index contributed by atoms with van der Waals surface area (Å²) in [6, 6.07) is 10.9. The fourth-order valence-electron chi connectivity index (χ4n) is 2.46. The van der Waals surface area contributed by atoms with Crippen molar-refractivity contribution >= 4 is 17.7 Å². The molecule has 0 unspecified atom stereocenters. The van der Waals surface area contributed by atoms with Gasteiger partial charge in [-0.1, -0.05) is 6.07 Å². The normalized spacial score (nSPS) is 10.7. The summed E-state index contributed by atoms with van der Waals surface area (Å²) in [6.07, 6.45) is 2.83. The first kappa shape index (κ1) is 20.5. The number of rotatable bonds is 8. The van der Waals surface area contributed by atoms with Crippen LogP contribution in [-0.2, 0) is 16.1 Å². The van der Waals surface area contributed by atoms with Crippen molar-refractivity contribution in [2.45, 2.75) is 6.61 Å². The average molecular weight is 411 g/mol. The van der Waals surface area contributed by atoms with Crippen molar-refractivity contribution in [1.82, 2.24) is 10.2 Å². The number of nitro groups is 1. The minimum absolute atomic E-state index is 0.0475. The highest BCUT2D eigenvalue weighted by Gasteiger charge is 2.12. The topological polar surface area (TPSA) is 127 Å². The number of carbonyl (C=O) groups excluding carboxylic acids is 1. The van der Waals surface area contributed by atoms with E-state index in [9.17, 15) is 14.9 Å². The average Bonchev–Trinajstić information content (AvgIpc) is 3.25. The third kappa shape index (κ3) is 4.98. The molecular formula is C20H17N3O7. The molecule has 154 valence electrons. The van der Waals surface area contributed by atoms with E-state index in [2.05, 4.69) is 10.2 Å². The van der Waals surface area contributed by atoms with Gasteiger partial charge in [0.25, 0.3) is 11.6 Å². The lowest BCUT2D eigenvalue weighted by Crippen LogP contribution is -2.01. The van der Waals surface area contributed by atoms with Gasteiger partial charge in [-0.3, -0.25) is 10.1 Å². The molecule has 0 spiro atoms. The van der Waals surface area contributed by atoms with Gasteiger partial charge in [0.2, 0.25) is 5.89 Å². The number of esters is 1. The van der Waals surface area contributed by atoms with Crippen LogP contribution in [0.4, 0.5) is 5.69 Å². The molecule has 3 rings (SSSR count). The van der Waals surface area contributed by atoms with Crippen LogP contribution in [0.3, 0.4) is 0 Å². The maximum Gasteiger partial charge on any atom is 0.331 e. The number of nitro benzene ring substituents is 1. The van der Waals surface area contributed by atoms with E-state index in [1.165, 1.54) is 44.6 Å². The molecule has 0 aliphatic rings. The number of hydrogen-bond acceptors (Lipinski definition) is 9. The molecule has 0 fully saturated rings. The molecule has 0 N–H and O–H groups in total. The third-order valence-electron chi connectivity index (χ3n) is 3.95. The van der Waals surface area contributed by atoms with E-state index in [0.29, 0.717) is 17.1 Å². The van der Waals surface area contributed by atoms with Crippen molar-refractivity contribution in [1.29, 1.82) is 0 Å². The fourth-order valence-corrected chi connectivity index (χ4v) is 2.46. The summed E-state index contributed by atoms with van der Waals surface area (Å²) in [4.78, 5) is 22.1. The van der Waals surface area contributed by atoms with Crippen LogP contribution in [0.5, 0.6) is 11.5 Å². The van der Waals surface area contributed by atoms with Gasteiger partial charge in [0.1, 0.15) is 0 Å². The van der Waals surface area contributed by atoms with Crippen molar-refractivity contribution in [3.05, 3.63) is 70.1 Å². The molecule has 0 saturated heterocycles. The minimum atomic E-state index is -0.597. The third-order valence-corrected chi connectivity index (χ3v) is 3.95. The molecule has 2 aromatic carbocycles. The monoisotopic (exact) mass is 411 g/mol. The number of carbonyl (C=O) groups is 1. The minimum Gasteiger partial charge on any atom is -0.493 e. The number of benzene rings is 2. The van der Waals surface area contributed by atoms with E-state index in [0.717, 1.165) is 5.56 Å². The summed E-state index contributed by atoms with van der Waals surface area (Å²) in [6.45, 7) is -0.213. The molecule has 3 aromatic rings. The number of non-ortho nitro benzene ring substituents is 1. The van der Waals surface area contributed by atoms with Crippen LogP contribution < -0.4 is 9.47 Å². The second-order valence-electron chi connectivity index (χ2n) is 5.86. The Bertz CT molecular complexity index is 1070. The second kappa shape index (κ2) is 9.32. The van der Waals surface area contributed by atoms with Gasteiger partial charge in [-0.15, -0.1) is 10.2 Å². The summed E-state index contributed by atoms with van der Waals surface area (Å²) in [5.41, 5.74) is 1.19. The molecule has 0 bridgehead atoms. The Labute approximate surface area is 170 Å². The maximum absolute atomic E-state index is 11.9. The zero-order valence-electron chi connectivity index (χ0n) is 16.1. The molecule has 1 aromatic heterocycles. The number of methoxy groups -OCH3 is 2. The van der Waals surface area contributed by atoms with Gasteiger partial charge >= 0.3 is 5.97 Å². The number of nitrogens with zero attached hydrogens (tertiary/aromatic N) is 3. The van der Waals surface area contributed by atoms with Gasteiger partial charge < -0.3 is 18.6 Å². The van der Waals surface area contributed by atoms with E-state index >= 15 is 0 Å². The summed E-state index contributed by atoms with van der Waals surface area (Å²) in [5, 5.41) is 18.3. The summed E-state index contributed by atoms with van der Waals surface area (Å²) < 4.78 is 20.9. The van der Waals surface area contributed by atoms with E-state index in [4.69, 9.17) is 18.6 Å². The number of ether oxygens (including phenoxy) is 3. The molecular weight excluding hydrogens is 394 g/mol. The van der Waals surface area contributed by atoms with Crippen LogP contribution in [0, 0.1) is 10.1 Å². The molecule has 0 amide bonds. The second-order valence-corrected chi connectivity index (χ2v) is 5.86. The predicted molar refractivity (Wildman–Crippen MR) is 105 cm³/mol. The van der Waals surface area contributed by atoms with Crippen molar-refractivity contribution in [3.63, 3.8) is 0 Å². The Morgan fingerprint density at radius 3 is 2.50 bits per heavy atom. The zero-order chi connectivity index (χ0) is 21.5. The standard InChI is InChI=1S/C20H17N3O7/c1-27-16-9-3-13(11-17(16)28-2)4-10-19(24)29-12-18-21-22-20(30-18)14-5-7-15(8-6-14)23(25)26/h3-11H,12H2,1-2H3/b10-4+. The van der Waals surface area contributed by atoms with E-state index in [1.54, 1.807) is 24.3 Å². The largest absolute Gasteiger partial charge is 0.493 e. The molecule has 0 aliphatic heterocycles. The van der Waals surface area contributed by atoms with Crippen LogP contribution >= 0.6 is 0 Å². The highest BCUT2D eigenvalue weighted by Crippen LogP contribution is 2.28. The highest BCUT2D eigenvalue weighted by atomic mass is 16.6. The van der Waals surface area contributed by atoms with Gasteiger partial charge in [-0.2, -0.15) is 0 Å². The summed E-state index contributed by atoms with van der Waals surface area (Å²) in [5.74, 6) is 0.781. The Morgan fingerprint density at radius 1 is 1.10 bits per heavy atom. The molecule has 0 aliphatic carbocycles. The van der Waals surface area contributed by atoms with Crippen molar-refractivity contribution in [2.24, 2.45) is 0 Å². The van der Waals surface area contributed by atoms with Crippen LogP contribution in [0.15, 0.2) is 53.0 Å². The van der Waals surface area contributed by atoms with E-state index in [1.807, 2.05) is 0 Å². The first-order valence-electron chi connectivity index (χ1n) is 8.64. The lowest BCUT2D eigenvalue weighted by molar-refractivity contribution is -0.384. The maximum atomic E-state index is 11.9. The van der Waals surface area contributed by atoms with Crippen LogP contribution in [0.2, 0.25) is 0 Å². The first-order valence-corrected chi connectivity index (χ1v) is 8.64. The van der Waals surface area contributed by atoms with E-state index < -0.39 is 10.9 Å². The Morgan fingerprint density at radius 2 is 1.83 bits per heavy atom.